The van der Waals surface area contributed by atoms with Gasteiger partial charge in [0.2, 0.25) is 0 Å². The lowest BCUT2D eigenvalue weighted by molar-refractivity contribution is -0.0431. The molecule has 2 aliphatic rings. The molecule has 0 radical (unpaired) electrons. The van der Waals surface area contributed by atoms with Crippen LogP contribution in [0.3, 0.4) is 0 Å². The minimum Gasteiger partial charge on any atom is -0.374 e. The van der Waals surface area contributed by atoms with Crippen LogP contribution in [0, 0.1) is 17.2 Å². The van der Waals surface area contributed by atoms with Crippen LogP contribution >= 0.6 is 11.3 Å². The van der Waals surface area contributed by atoms with Gasteiger partial charge in [0, 0.05) is 43.0 Å². The summed E-state index contributed by atoms with van der Waals surface area (Å²) in [6.45, 7) is 5.99. The first-order chi connectivity index (χ1) is 10.2. The number of thiophene rings is 1. The van der Waals surface area contributed by atoms with E-state index in [1.165, 1.54) is 24.3 Å². The van der Waals surface area contributed by atoms with Gasteiger partial charge >= 0.3 is 0 Å². The highest BCUT2D eigenvalue weighted by atomic mass is 32.1. The molecular weight excluding hydrogens is 282 g/mol. The fourth-order valence-electron chi connectivity index (χ4n) is 2.94. The topological polar surface area (TPSA) is 39.5 Å². The SMILES string of the molecule is CN(CC1CC1)C[C@@H]1CN(Cc2cc(C#N)cs2)CCO1. The number of ether oxygens (including phenoxy) is 1. The molecule has 0 N–H and O–H groups in total. The van der Waals surface area contributed by atoms with Gasteiger partial charge in [0.1, 0.15) is 6.07 Å². The summed E-state index contributed by atoms with van der Waals surface area (Å²) in [7, 11) is 2.21. The Morgan fingerprint density at radius 3 is 3.05 bits per heavy atom. The molecule has 1 aromatic heterocycles. The summed E-state index contributed by atoms with van der Waals surface area (Å²) >= 11 is 1.68. The summed E-state index contributed by atoms with van der Waals surface area (Å²) in [6.07, 6.45) is 3.13. The molecule has 0 unspecified atom stereocenters. The monoisotopic (exact) mass is 305 g/mol. The zero-order valence-corrected chi connectivity index (χ0v) is 13.4. The molecule has 0 spiro atoms. The van der Waals surface area contributed by atoms with Crippen LogP contribution in [0.5, 0.6) is 0 Å². The van der Waals surface area contributed by atoms with Gasteiger partial charge in [-0.1, -0.05) is 0 Å². The van der Waals surface area contributed by atoms with Crippen molar-refractivity contribution in [3.63, 3.8) is 0 Å². The number of hydrogen-bond donors (Lipinski definition) is 0. The highest BCUT2D eigenvalue weighted by Crippen LogP contribution is 2.29. The molecule has 2 fully saturated rings. The van der Waals surface area contributed by atoms with Crippen LogP contribution in [0.25, 0.3) is 0 Å². The summed E-state index contributed by atoms with van der Waals surface area (Å²) < 4.78 is 5.91. The van der Waals surface area contributed by atoms with Crippen LogP contribution in [0.15, 0.2) is 11.4 Å². The molecule has 1 atom stereocenters. The maximum absolute atomic E-state index is 8.89. The molecule has 4 nitrogen and oxygen atoms in total. The van der Waals surface area contributed by atoms with E-state index in [1.807, 2.05) is 11.4 Å². The standard InChI is InChI=1S/C16H23N3OS/c1-18(8-13-2-3-13)9-15-10-19(4-5-20-15)11-16-6-14(7-17)12-21-16/h6,12-13,15H,2-5,8-11H2,1H3/t15-/m1/s1. The van der Waals surface area contributed by atoms with Gasteiger partial charge in [0.15, 0.2) is 0 Å². The van der Waals surface area contributed by atoms with E-state index in [9.17, 15) is 0 Å². The van der Waals surface area contributed by atoms with Crippen LogP contribution in [-0.2, 0) is 11.3 Å². The minimum atomic E-state index is 0.317. The van der Waals surface area contributed by atoms with Crippen molar-refractivity contribution in [3.05, 3.63) is 21.9 Å². The van der Waals surface area contributed by atoms with Crippen molar-refractivity contribution in [2.75, 3.05) is 39.8 Å². The third-order valence-electron chi connectivity index (χ3n) is 4.17. The van der Waals surface area contributed by atoms with Crippen molar-refractivity contribution in [1.82, 2.24) is 9.80 Å². The largest absolute Gasteiger partial charge is 0.374 e. The van der Waals surface area contributed by atoms with Gasteiger partial charge in [0.05, 0.1) is 18.3 Å². The zero-order valence-electron chi connectivity index (χ0n) is 12.6. The van der Waals surface area contributed by atoms with Gasteiger partial charge in [-0.05, 0) is 31.9 Å². The van der Waals surface area contributed by atoms with Gasteiger partial charge in [-0.25, -0.2) is 0 Å². The maximum Gasteiger partial charge on any atom is 0.100 e. The van der Waals surface area contributed by atoms with Crippen molar-refractivity contribution >= 4 is 11.3 Å². The van der Waals surface area contributed by atoms with E-state index in [4.69, 9.17) is 10.00 Å². The lowest BCUT2D eigenvalue weighted by Crippen LogP contribution is -2.46. The normalized spacial score (nSPS) is 23.4. The molecule has 3 rings (SSSR count). The zero-order chi connectivity index (χ0) is 14.7. The van der Waals surface area contributed by atoms with E-state index in [2.05, 4.69) is 22.9 Å². The molecule has 114 valence electrons. The predicted octanol–water partition coefficient (Wildman–Crippen LogP) is 2.16. The van der Waals surface area contributed by atoms with E-state index in [1.54, 1.807) is 11.3 Å². The third-order valence-corrected chi connectivity index (χ3v) is 5.09. The Balaban J connectivity index is 1.47. The average Bonchev–Trinajstić information content (AvgIpc) is 3.15. The predicted molar refractivity (Wildman–Crippen MR) is 84.3 cm³/mol. The first kappa shape index (κ1) is 15.0. The molecule has 0 amide bonds. The smallest absolute Gasteiger partial charge is 0.100 e. The van der Waals surface area contributed by atoms with E-state index in [0.717, 1.165) is 44.3 Å². The van der Waals surface area contributed by atoms with Gasteiger partial charge < -0.3 is 9.64 Å². The Kier molecular flexibility index (Phi) is 4.91. The van der Waals surface area contributed by atoms with Crippen molar-refractivity contribution < 1.29 is 4.74 Å². The Hall–Kier alpha value is -0.930. The average molecular weight is 305 g/mol. The molecule has 2 heterocycles. The lowest BCUT2D eigenvalue weighted by atomic mass is 10.2. The van der Waals surface area contributed by atoms with Gasteiger partial charge in [0.25, 0.3) is 0 Å². The molecule has 1 aliphatic heterocycles. The second kappa shape index (κ2) is 6.89. The quantitative estimate of drug-likeness (QED) is 0.807. The van der Waals surface area contributed by atoms with Crippen LogP contribution in [0.2, 0.25) is 0 Å². The summed E-state index contributed by atoms with van der Waals surface area (Å²) in [5.41, 5.74) is 0.781. The molecule has 1 saturated heterocycles. The van der Waals surface area contributed by atoms with Crippen LogP contribution in [0.4, 0.5) is 0 Å². The van der Waals surface area contributed by atoms with Crippen molar-refractivity contribution in [2.45, 2.75) is 25.5 Å². The van der Waals surface area contributed by atoms with E-state index in [0.29, 0.717) is 6.10 Å². The molecule has 21 heavy (non-hydrogen) atoms. The highest BCUT2D eigenvalue weighted by molar-refractivity contribution is 7.10. The van der Waals surface area contributed by atoms with Crippen molar-refractivity contribution in [3.8, 4) is 6.07 Å². The summed E-state index contributed by atoms with van der Waals surface area (Å²) in [4.78, 5) is 6.15. The van der Waals surface area contributed by atoms with Crippen LogP contribution in [-0.4, -0.2) is 55.7 Å². The van der Waals surface area contributed by atoms with E-state index >= 15 is 0 Å². The van der Waals surface area contributed by atoms with Gasteiger partial charge in [-0.2, -0.15) is 5.26 Å². The maximum atomic E-state index is 8.89. The molecule has 1 saturated carbocycles. The fraction of sp³-hybridized carbons (Fsp3) is 0.688. The summed E-state index contributed by atoms with van der Waals surface area (Å²) in [6, 6.07) is 4.21. The summed E-state index contributed by atoms with van der Waals surface area (Å²) in [5, 5.41) is 10.8. The Morgan fingerprint density at radius 1 is 1.48 bits per heavy atom. The number of morpholine rings is 1. The Labute approximate surface area is 130 Å². The fourth-order valence-corrected chi connectivity index (χ4v) is 3.79. The van der Waals surface area contributed by atoms with Crippen molar-refractivity contribution in [2.24, 2.45) is 5.92 Å². The van der Waals surface area contributed by atoms with Gasteiger partial charge in [-0.15, -0.1) is 11.3 Å². The van der Waals surface area contributed by atoms with E-state index < -0.39 is 0 Å². The number of nitriles is 1. The molecular formula is C16H23N3OS. The van der Waals surface area contributed by atoms with Crippen molar-refractivity contribution in [1.29, 1.82) is 5.26 Å². The highest BCUT2D eigenvalue weighted by Gasteiger charge is 2.26. The van der Waals surface area contributed by atoms with E-state index in [-0.39, 0.29) is 0 Å². The second-order valence-electron chi connectivity index (χ2n) is 6.31. The molecule has 5 heteroatoms. The molecule has 1 aliphatic carbocycles. The number of hydrogen-bond acceptors (Lipinski definition) is 5. The third kappa shape index (κ3) is 4.52. The molecule has 0 bridgehead atoms. The number of likely N-dealkylation sites (N-methyl/N-ethyl adjacent to an activating group) is 1. The van der Waals surface area contributed by atoms with Crippen LogP contribution in [0.1, 0.15) is 23.3 Å². The lowest BCUT2D eigenvalue weighted by Gasteiger charge is -2.34. The first-order valence-electron chi connectivity index (χ1n) is 7.73. The number of rotatable bonds is 6. The van der Waals surface area contributed by atoms with Gasteiger partial charge in [-0.3, -0.25) is 4.90 Å². The molecule has 0 aromatic carbocycles. The summed E-state index contributed by atoms with van der Waals surface area (Å²) in [5.74, 6) is 0.935. The second-order valence-corrected chi connectivity index (χ2v) is 7.30. The minimum absolute atomic E-state index is 0.317. The Bertz CT molecular complexity index is 506. The number of nitrogens with zero attached hydrogens (tertiary/aromatic N) is 3. The molecule has 1 aromatic rings. The first-order valence-corrected chi connectivity index (χ1v) is 8.61. The van der Waals surface area contributed by atoms with Crippen LogP contribution < -0.4 is 0 Å². The Morgan fingerprint density at radius 2 is 2.33 bits per heavy atom.